The zero-order valence-corrected chi connectivity index (χ0v) is 12.5. The standard InChI is InChI=1S/C15H18BClO2/c1-14(2)15(3,4)19-16(18-14)13-9-5-7-12(11-13)8-6-10-17/h5,7,9,11H,10H2,1-4H3. The number of benzene rings is 1. The highest BCUT2D eigenvalue weighted by Crippen LogP contribution is 2.36. The lowest BCUT2D eigenvalue weighted by Crippen LogP contribution is -2.41. The van der Waals surface area contributed by atoms with Gasteiger partial charge in [0.1, 0.15) is 0 Å². The third-order valence-corrected chi connectivity index (χ3v) is 3.85. The Morgan fingerprint density at radius 2 is 1.79 bits per heavy atom. The van der Waals surface area contributed by atoms with Crippen molar-refractivity contribution in [2.45, 2.75) is 38.9 Å². The largest absolute Gasteiger partial charge is 0.494 e. The molecule has 2 rings (SSSR count). The highest BCUT2D eigenvalue weighted by molar-refractivity contribution is 6.62. The first-order valence-corrected chi connectivity index (χ1v) is 6.90. The van der Waals surface area contributed by atoms with Crippen LogP contribution in [-0.4, -0.2) is 24.2 Å². The van der Waals surface area contributed by atoms with Crippen LogP contribution in [0.5, 0.6) is 0 Å². The van der Waals surface area contributed by atoms with Gasteiger partial charge in [-0.15, -0.1) is 11.6 Å². The summed E-state index contributed by atoms with van der Waals surface area (Å²) in [5.74, 6) is 6.19. The third-order valence-electron chi connectivity index (χ3n) is 3.71. The van der Waals surface area contributed by atoms with E-state index < -0.39 is 0 Å². The van der Waals surface area contributed by atoms with Crippen LogP contribution in [0.1, 0.15) is 33.3 Å². The molecular weight excluding hydrogens is 258 g/mol. The molecule has 0 spiro atoms. The molecule has 1 aromatic rings. The molecule has 1 aliphatic rings. The minimum atomic E-state index is -0.345. The van der Waals surface area contributed by atoms with Gasteiger partial charge in [0.15, 0.2) is 0 Å². The van der Waals surface area contributed by atoms with Gasteiger partial charge in [-0.05, 0) is 45.3 Å². The van der Waals surface area contributed by atoms with E-state index in [1.807, 2.05) is 52.0 Å². The Kier molecular flexibility index (Phi) is 3.96. The first-order valence-electron chi connectivity index (χ1n) is 6.36. The average molecular weight is 277 g/mol. The van der Waals surface area contributed by atoms with Crippen LogP contribution in [0, 0.1) is 11.8 Å². The van der Waals surface area contributed by atoms with Crippen molar-refractivity contribution in [2.24, 2.45) is 0 Å². The Morgan fingerprint density at radius 3 is 2.37 bits per heavy atom. The molecule has 0 saturated carbocycles. The van der Waals surface area contributed by atoms with Gasteiger partial charge in [-0.25, -0.2) is 0 Å². The van der Waals surface area contributed by atoms with Crippen molar-refractivity contribution in [2.75, 3.05) is 5.88 Å². The van der Waals surface area contributed by atoms with Gasteiger partial charge in [0.25, 0.3) is 0 Å². The normalized spacial score (nSPS) is 19.9. The number of halogens is 1. The van der Waals surface area contributed by atoms with Crippen molar-refractivity contribution >= 4 is 24.2 Å². The topological polar surface area (TPSA) is 18.5 Å². The fraction of sp³-hybridized carbons (Fsp3) is 0.467. The molecule has 19 heavy (non-hydrogen) atoms. The molecule has 4 heteroatoms. The lowest BCUT2D eigenvalue weighted by atomic mass is 9.78. The fourth-order valence-corrected chi connectivity index (χ4v) is 1.94. The van der Waals surface area contributed by atoms with Crippen LogP contribution in [0.25, 0.3) is 0 Å². The van der Waals surface area contributed by atoms with Gasteiger partial charge in [0.05, 0.1) is 17.1 Å². The maximum absolute atomic E-state index is 6.01. The van der Waals surface area contributed by atoms with Crippen LogP contribution in [0.15, 0.2) is 24.3 Å². The van der Waals surface area contributed by atoms with Crippen LogP contribution in [0.3, 0.4) is 0 Å². The molecule has 0 bridgehead atoms. The van der Waals surface area contributed by atoms with Gasteiger partial charge in [-0.1, -0.05) is 24.0 Å². The molecule has 0 unspecified atom stereocenters. The quantitative estimate of drug-likeness (QED) is 0.446. The molecule has 100 valence electrons. The van der Waals surface area contributed by atoms with E-state index in [1.54, 1.807) is 0 Å². The highest BCUT2D eigenvalue weighted by Gasteiger charge is 2.51. The van der Waals surface area contributed by atoms with Crippen LogP contribution < -0.4 is 5.46 Å². The Morgan fingerprint density at radius 1 is 1.16 bits per heavy atom. The molecule has 1 aliphatic heterocycles. The number of hydrogen-bond donors (Lipinski definition) is 0. The van der Waals surface area contributed by atoms with Crippen LogP contribution in [0.2, 0.25) is 0 Å². The summed E-state index contributed by atoms with van der Waals surface area (Å²) < 4.78 is 12.0. The predicted octanol–water partition coefficient (Wildman–Crippen LogP) is 2.58. The Labute approximate surface area is 120 Å². The molecule has 1 heterocycles. The molecule has 0 atom stereocenters. The second-order valence-electron chi connectivity index (χ2n) is 5.65. The molecule has 1 saturated heterocycles. The summed E-state index contributed by atoms with van der Waals surface area (Å²) in [6.07, 6.45) is 0. The number of alkyl halides is 1. The molecule has 0 radical (unpaired) electrons. The Balaban J connectivity index is 2.25. The maximum Gasteiger partial charge on any atom is 0.494 e. The summed E-state index contributed by atoms with van der Waals surface area (Å²) in [6, 6.07) is 7.89. The minimum Gasteiger partial charge on any atom is -0.399 e. The number of rotatable bonds is 1. The smallest absolute Gasteiger partial charge is 0.399 e. The van der Waals surface area contributed by atoms with Gasteiger partial charge in [0.2, 0.25) is 0 Å². The van der Waals surface area contributed by atoms with Crippen molar-refractivity contribution in [3.8, 4) is 11.8 Å². The molecule has 0 aliphatic carbocycles. The highest BCUT2D eigenvalue weighted by atomic mass is 35.5. The van der Waals surface area contributed by atoms with Crippen molar-refractivity contribution in [3.05, 3.63) is 29.8 Å². The van der Waals surface area contributed by atoms with Crippen molar-refractivity contribution < 1.29 is 9.31 Å². The van der Waals surface area contributed by atoms with Gasteiger partial charge < -0.3 is 9.31 Å². The number of hydrogen-bond acceptors (Lipinski definition) is 2. The second-order valence-corrected chi connectivity index (χ2v) is 5.92. The summed E-state index contributed by atoms with van der Waals surface area (Å²) in [6.45, 7) is 8.18. The molecule has 1 aromatic carbocycles. The van der Waals surface area contributed by atoms with E-state index in [1.165, 1.54) is 0 Å². The van der Waals surface area contributed by atoms with Crippen molar-refractivity contribution in [3.63, 3.8) is 0 Å². The predicted molar refractivity (Wildman–Crippen MR) is 79.8 cm³/mol. The molecule has 0 aromatic heterocycles. The summed E-state index contributed by atoms with van der Waals surface area (Å²) in [7, 11) is -0.345. The third kappa shape index (κ3) is 2.97. The Bertz CT molecular complexity index is 512. The van der Waals surface area contributed by atoms with E-state index in [0.717, 1.165) is 11.0 Å². The van der Waals surface area contributed by atoms with Gasteiger partial charge >= 0.3 is 7.12 Å². The van der Waals surface area contributed by atoms with Gasteiger partial charge in [0, 0.05) is 5.56 Å². The lowest BCUT2D eigenvalue weighted by molar-refractivity contribution is 0.00578. The maximum atomic E-state index is 6.01. The Hall–Kier alpha value is -0.945. The summed E-state index contributed by atoms with van der Waals surface area (Å²) >= 11 is 5.57. The van der Waals surface area contributed by atoms with Crippen molar-refractivity contribution in [1.82, 2.24) is 0 Å². The molecular formula is C15H18BClO2. The van der Waals surface area contributed by atoms with E-state index in [0.29, 0.717) is 5.88 Å². The lowest BCUT2D eigenvalue weighted by Gasteiger charge is -2.32. The fourth-order valence-electron chi connectivity index (χ4n) is 1.88. The summed E-state index contributed by atoms with van der Waals surface area (Å²) in [5, 5.41) is 0. The molecule has 0 amide bonds. The van der Waals surface area contributed by atoms with E-state index in [-0.39, 0.29) is 18.3 Å². The average Bonchev–Trinajstić information content (AvgIpc) is 2.56. The molecule has 2 nitrogen and oxygen atoms in total. The van der Waals surface area contributed by atoms with E-state index >= 15 is 0 Å². The van der Waals surface area contributed by atoms with Crippen molar-refractivity contribution in [1.29, 1.82) is 0 Å². The summed E-state index contributed by atoms with van der Waals surface area (Å²) in [4.78, 5) is 0. The van der Waals surface area contributed by atoms with Gasteiger partial charge in [-0.3, -0.25) is 0 Å². The second kappa shape index (κ2) is 5.21. The van der Waals surface area contributed by atoms with E-state index in [4.69, 9.17) is 20.9 Å². The monoisotopic (exact) mass is 276 g/mol. The first kappa shape index (κ1) is 14.5. The SMILES string of the molecule is CC1(C)OB(c2cccc(C#CCCl)c2)OC1(C)C. The van der Waals surface area contributed by atoms with E-state index in [9.17, 15) is 0 Å². The van der Waals surface area contributed by atoms with Crippen LogP contribution in [-0.2, 0) is 9.31 Å². The van der Waals surface area contributed by atoms with Crippen LogP contribution in [0.4, 0.5) is 0 Å². The van der Waals surface area contributed by atoms with Gasteiger partial charge in [-0.2, -0.15) is 0 Å². The summed E-state index contributed by atoms with van der Waals surface area (Å²) in [5.41, 5.74) is 1.26. The first-order chi connectivity index (χ1) is 8.86. The zero-order chi connectivity index (χ0) is 14.1. The molecule has 0 N–H and O–H groups in total. The minimum absolute atomic E-state index is 0.324. The van der Waals surface area contributed by atoms with Crippen LogP contribution >= 0.6 is 11.6 Å². The molecule has 1 fully saturated rings. The zero-order valence-electron chi connectivity index (χ0n) is 11.8. The van der Waals surface area contributed by atoms with E-state index in [2.05, 4.69) is 11.8 Å².